The molecule has 4 aliphatic carbocycles. The molecule has 6 atom stereocenters. The first kappa shape index (κ1) is 27.5. The number of ketones is 3. The number of esters is 1. The molecule has 0 radical (unpaired) electrons. The maximum atomic E-state index is 13.9. The zero-order valence-corrected chi connectivity index (χ0v) is 22.6. The molecule has 0 aliphatic heterocycles. The summed E-state index contributed by atoms with van der Waals surface area (Å²) >= 11 is 0. The number of unbranched alkanes of at least 4 members (excludes halogenated alkanes) is 1. The van der Waals surface area contributed by atoms with Crippen LogP contribution in [0.25, 0.3) is 0 Å². The predicted molar refractivity (Wildman–Crippen MR) is 133 cm³/mol. The Labute approximate surface area is 218 Å². The van der Waals surface area contributed by atoms with E-state index in [-0.39, 0.29) is 60.6 Å². The minimum absolute atomic E-state index is 0.0224. The van der Waals surface area contributed by atoms with Crippen molar-refractivity contribution in [2.45, 2.75) is 97.5 Å². The number of hydrogen-bond donors (Lipinski definition) is 0. The number of hydrogen-bond acceptors (Lipinski definition) is 8. The van der Waals surface area contributed by atoms with E-state index in [1.807, 2.05) is 13.8 Å². The first-order chi connectivity index (χ1) is 17.5. The minimum Gasteiger partial charge on any atom is -0.457 e. The van der Waals surface area contributed by atoms with E-state index >= 15 is 0 Å². The number of allylic oxidation sites excluding steroid dienone is 1. The molecular weight excluding hydrogens is 476 g/mol. The Balaban J connectivity index is 1.66. The normalized spacial score (nSPS) is 36.5. The Hall–Kier alpha value is -2.51. The first-order valence-electron chi connectivity index (χ1n) is 13.8. The molecule has 37 heavy (non-hydrogen) atoms. The van der Waals surface area contributed by atoms with Gasteiger partial charge in [-0.1, -0.05) is 32.8 Å². The summed E-state index contributed by atoms with van der Waals surface area (Å²) in [4.78, 5) is 64.6. The van der Waals surface area contributed by atoms with E-state index in [9.17, 15) is 24.0 Å². The van der Waals surface area contributed by atoms with E-state index in [0.717, 1.165) is 24.8 Å². The average molecular weight is 517 g/mol. The van der Waals surface area contributed by atoms with E-state index in [2.05, 4.69) is 6.92 Å². The van der Waals surface area contributed by atoms with Gasteiger partial charge in [0.25, 0.3) is 0 Å². The van der Waals surface area contributed by atoms with Gasteiger partial charge >= 0.3 is 12.1 Å². The summed E-state index contributed by atoms with van der Waals surface area (Å²) in [6.07, 6.45) is 6.07. The molecule has 0 amide bonds. The summed E-state index contributed by atoms with van der Waals surface area (Å²) in [5.41, 5.74) is -1.83. The van der Waals surface area contributed by atoms with Crippen LogP contribution in [-0.4, -0.2) is 48.3 Å². The van der Waals surface area contributed by atoms with Gasteiger partial charge in [0, 0.05) is 30.6 Å². The predicted octanol–water partition coefficient (Wildman–Crippen LogP) is 4.91. The fraction of sp³-hybridized carbons (Fsp3) is 0.759. The second-order valence-electron chi connectivity index (χ2n) is 11.7. The van der Waals surface area contributed by atoms with Gasteiger partial charge in [0.15, 0.2) is 18.0 Å². The Morgan fingerprint density at radius 2 is 1.78 bits per heavy atom. The molecule has 0 heterocycles. The molecular formula is C29H40O8. The minimum atomic E-state index is -1.60. The molecule has 0 N–H and O–H groups in total. The summed E-state index contributed by atoms with van der Waals surface area (Å²) in [6.45, 7) is 7.20. The van der Waals surface area contributed by atoms with Crippen molar-refractivity contribution < 1.29 is 38.2 Å². The fourth-order valence-corrected chi connectivity index (χ4v) is 8.00. The van der Waals surface area contributed by atoms with Gasteiger partial charge in [-0.05, 0) is 68.8 Å². The monoisotopic (exact) mass is 516 g/mol. The van der Waals surface area contributed by atoms with Crippen molar-refractivity contribution in [3.63, 3.8) is 0 Å². The maximum Gasteiger partial charge on any atom is 0.509 e. The van der Waals surface area contributed by atoms with Crippen LogP contribution < -0.4 is 0 Å². The lowest BCUT2D eigenvalue weighted by molar-refractivity contribution is -0.177. The summed E-state index contributed by atoms with van der Waals surface area (Å²) < 4.78 is 16.2. The van der Waals surface area contributed by atoms with E-state index in [1.54, 1.807) is 13.0 Å². The summed E-state index contributed by atoms with van der Waals surface area (Å²) in [5.74, 6) is -1.01. The Morgan fingerprint density at radius 3 is 2.49 bits per heavy atom. The summed E-state index contributed by atoms with van der Waals surface area (Å²) in [5, 5.41) is 0. The fourth-order valence-electron chi connectivity index (χ4n) is 8.00. The van der Waals surface area contributed by atoms with Crippen LogP contribution in [0.4, 0.5) is 4.79 Å². The molecule has 8 heteroatoms. The Kier molecular flexibility index (Phi) is 7.69. The summed E-state index contributed by atoms with van der Waals surface area (Å²) in [7, 11) is 0. The van der Waals surface area contributed by atoms with E-state index in [1.165, 1.54) is 0 Å². The number of Topliss-reactive ketones (excluding diaryl/α,β-unsaturated/α-hetero) is 2. The van der Waals surface area contributed by atoms with Gasteiger partial charge in [-0.25, -0.2) is 4.79 Å². The standard InChI is InChI=1S/C29H40O8/c1-5-7-8-24(33)36-17-23(32)29(37-26(34)35-6-2)14-12-21-20-10-9-18-15-19(30)11-13-27(18,3)25(20)22(31)16-28(21,29)4/h15,20-21,25H,5-14,16-17H2,1-4H3/t20-,21-,25+,27-,28-,29-/m0/s1. The average Bonchev–Trinajstić information content (AvgIpc) is 3.13. The molecule has 0 aromatic heterocycles. The van der Waals surface area contributed by atoms with Gasteiger partial charge in [0.2, 0.25) is 5.78 Å². The number of carbonyl (C=O) groups excluding carboxylic acids is 5. The quantitative estimate of drug-likeness (QED) is 0.418. The largest absolute Gasteiger partial charge is 0.509 e. The highest BCUT2D eigenvalue weighted by molar-refractivity contribution is 5.96. The lowest BCUT2D eigenvalue weighted by atomic mass is 9.46. The Morgan fingerprint density at radius 1 is 1.03 bits per heavy atom. The van der Waals surface area contributed by atoms with Crippen molar-refractivity contribution in [3.8, 4) is 0 Å². The van der Waals surface area contributed by atoms with Crippen LogP contribution >= 0.6 is 0 Å². The van der Waals surface area contributed by atoms with Gasteiger partial charge in [0.05, 0.1) is 6.61 Å². The molecule has 0 saturated heterocycles. The molecule has 4 rings (SSSR count). The number of ether oxygens (including phenoxy) is 3. The van der Waals surface area contributed by atoms with Crippen LogP contribution in [0.2, 0.25) is 0 Å². The molecule has 0 aromatic rings. The lowest BCUT2D eigenvalue weighted by Crippen LogP contribution is -2.62. The third kappa shape index (κ3) is 4.54. The van der Waals surface area contributed by atoms with E-state index in [0.29, 0.717) is 25.7 Å². The van der Waals surface area contributed by atoms with Crippen LogP contribution in [0, 0.1) is 28.6 Å². The van der Waals surface area contributed by atoms with Crippen LogP contribution in [0.3, 0.4) is 0 Å². The highest BCUT2D eigenvalue weighted by Gasteiger charge is 2.71. The van der Waals surface area contributed by atoms with Gasteiger partial charge < -0.3 is 14.2 Å². The number of fused-ring (bicyclic) bond motifs is 5. The van der Waals surface area contributed by atoms with Crippen LogP contribution in [-0.2, 0) is 33.4 Å². The zero-order valence-electron chi connectivity index (χ0n) is 22.6. The topological polar surface area (TPSA) is 113 Å². The third-order valence-corrected chi connectivity index (χ3v) is 9.84. The van der Waals surface area contributed by atoms with Crippen LogP contribution in [0.15, 0.2) is 11.6 Å². The van der Waals surface area contributed by atoms with Crippen molar-refractivity contribution in [1.82, 2.24) is 0 Å². The van der Waals surface area contributed by atoms with Crippen molar-refractivity contribution >= 4 is 29.5 Å². The third-order valence-electron chi connectivity index (χ3n) is 9.84. The first-order valence-corrected chi connectivity index (χ1v) is 13.8. The highest BCUT2D eigenvalue weighted by atomic mass is 16.7. The second-order valence-corrected chi connectivity index (χ2v) is 11.7. The maximum absolute atomic E-state index is 13.9. The SMILES string of the molecule is CCCCC(=O)OCC(=O)[C@@]1(OC(=O)OCC)CC[C@H]2[C@@H]3CCC4=CC(=O)CC[C@]4(C)[C@H]3C(=O)C[C@@]21C. The van der Waals surface area contributed by atoms with Gasteiger partial charge in [-0.3, -0.25) is 19.2 Å². The molecule has 8 nitrogen and oxygen atoms in total. The van der Waals surface area contributed by atoms with Crippen LogP contribution in [0.5, 0.6) is 0 Å². The molecule has 0 unspecified atom stereocenters. The summed E-state index contributed by atoms with van der Waals surface area (Å²) in [6, 6.07) is 0. The highest BCUT2D eigenvalue weighted by Crippen LogP contribution is 2.67. The smallest absolute Gasteiger partial charge is 0.457 e. The van der Waals surface area contributed by atoms with Gasteiger partial charge in [-0.15, -0.1) is 0 Å². The molecule has 3 saturated carbocycles. The van der Waals surface area contributed by atoms with Gasteiger partial charge in [0.1, 0.15) is 5.78 Å². The van der Waals surface area contributed by atoms with Crippen molar-refractivity contribution in [1.29, 1.82) is 0 Å². The lowest BCUT2D eigenvalue weighted by Gasteiger charge is -2.57. The van der Waals surface area contributed by atoms with Gasteiger partial charge in [-0.2, -0.15) is 0 Å². The van der Waals surface area contributed by atoms with Crippen LogP contribution in [0.1, 0.15) is 91.9 Å². The van der Waals surface area contributed by atoms with Crippen molar-refractivity contribution in [2.24, 2.45) is 28.6 Å². The van der Waals surface area contributed by atoms with E-state index in [4.69, 9.17) is 14.2 Å². The number of rotatable bonds is 8. The Bertz CT molecular complexity index is 1010. The molecule has 0 aromatic carbocycles. The second kappa shape index (κ2) is 10.3. The molecule has 4 aliphatic rings. The molecule has 3 fully saturated rings. The van der Waals surface area contributed by atoms with E-state index < -0.39 is 35.5 Å². The molecule has 0 bridgehead atoms. The van der Waals surface area contributed by atoms with Crippen molar-refractivity contribution in [3.05, 3.63) is 11.6 Å². The number of carbonyl (C=O) groups is 5. The van der Waals surface area contributed by atoms with Crippen molar-refractivity contribution in [2.75, 3.05) is 13.2 Å². The molecule has 204 valence electrons. The molecule has 0 spiro atoms. The zero-order chi connectivity index (χ0) is 27.0.